The lowest BCUT2D eigenvalue weighted by molar-refractivity contribution is -0.149. The van der Waals surface area contributed by atoms with Crippen LogP contribution in [0.15, 0.2) is 24.3 Å². The van der Waals surface area contributed by atoms with E-state index < -0.39 is 12.2 Å². The highest BCUT2D eigenvalue weighted by molar-refractivity contribution is 5.33. The van der Waals surface area contributed by atoms with Gasteiger partial charge >= 0.3 is 6.18 Å². The number of para-hydroxylation sites is 1. The molecule has 0 aliphatic rings. The topological polar surface area (TPSA) is 35.2 Å². The molecule has 0 radical (unpaired) electrons. The van der Waals surface area contributed by atoms with Crippen molar-refractivity contribution in [3.05, 3.63) is 29.8 Å². The van der Waals surface area contributed by atoms with Crippen LogP contribution in [-0.2, 0) is 6.42 Å². The minimum absolute atomic E-state index is 0.0275. The zero-order chi connectivity index (χ0) is 14.3. The van der Waals surface area contributed by atoms with Crippen LogP contribution in [0.25, 0.3) is 0 Å². The van der Waals surface area contributed by atoms with E-state index >= 15 is 0 Å². The molecule has 0 fully saturated rings. The number of alkyl halides is 3. The van der Waals surface area contributed by atoms with E-state index in [2.05, 4.69) is 0 Å². The molecule has 1 aromatic rings. The summed E-state index contributed by atoms with van der Waals surface area (Å²) in [5.41, 5.74) is 6.09. The predicted octanol–water partition coefficient (Wildman–Crippen LogP) is 3.69. The normalized spacial score (nSPS) is 13.3. The summed E-state index contributed by atoms with van der Waals surface area (Å²) >= 11 is 0. The van der Waals surface area contributed by atoms with E-state index in [0.717, 1.165) is 11.3 Å². The second kappa shape index (κ2) is 7.38. The van der Waals surface area contributed by atoms with Gasteiger partial charge in [-0.2, -0.15) is 13.2 Å². The standard InChI is InChI=1S/C14H20F3NO/c1-2-19-12-9-5-3-7-11(12)8-4-6-10-13(18)14(15,16)17/h3,5,7,9,13H,2,4,6,8,10,18H2,1H3/t13-/m0/s1. The van der Waals surface area contributed by atoms with Crippen LogP contribution in [0.1, 0.15) is 31.7 Å². The first-order valence-corrected chi connectivity index (χ1v) is 6.48. The fraction of sp³-hybridized carbons (Fsp3) is 0.571. The lowest BCUT2D eigenvalue weighted by atomic mass is 10.0. The van der Waals surface area contributed by atoms with Crippen molar-refractivity contribution in [3.8, 4) is 5.75 Å². The lowest BCUT2D eigenvalue weighted by Gasteiger charge is -2.15. The van der Waals surface area contributed by atoms with Crippen LogP contribution < -0.4 is 10.5 Å². The van der Waals surface area contributed by atoms with Gasteiger partial charge in [0.25, 0.3) is 0 Å². The highest BCUT2D eigenvalue weighted by Crippen LogP contribution is 2.24. The van der Waals surface area contributed by atoms with Gasteiger partial charge in [0.15, 0.2) is 0 Å². The Morgan fingerprint density at radius 3 is 2.53 bits per heavy atom. The molecular weight excluding hydrogens is 255 g/mol. The molecule has 0 saturated carbocycles. The van der Waals surface area contributed by atoms with Crippen molar-refractivity contribution in [1.29, 1.82) is 0 Å². The molecule has 19 heavy (non-hydrogen) atoms. The third-order valence-corrected chi connectivity index (χ3v) is 2.90. The summed E-state index contributed by atoms with van der Waals surface area (Å²) < 4.78 is 42.1. The molecule has 2 N–H and O–H groups in total. The van der Waals surface area contributed by atoms with Crippen LogP contribution in [0.4, 0.5) is 13.2 Å². The van der Waals surface area contributed by atoms with E-state index in [1.807, 2.05) is 31.2 Å². The number of unbranched alkanes of at least 4 members (excludes halogenated alkanes) is 1. The van der Waals surface area contributed by atoms with Gasteiger partial charge in [-0.3, -0.25) is 0 Å². The van der Waals surface area contributed by atoms with Gasteiger partial charge < -0.3 is 10.5 Å². The van der Waals surface area contributed by atoms with Crippen LogP contribution >= 0.6 is 0 Å². The Morgan fingerprint density at radius 2 is 1.89 bits per heavy atom. The monoisotopic (exact) mass is 275 g/mol. The first-order valence-electron chi connectivity index (χ1n) is 6.48. The molecule has 1 atom stereocenters. The van der Waals surface area contributed by atoms with Crippen LogP contribution in [0, 0.1) is 0 Å². The van der Waals surface area contributed by atoms with Gasteiger partial charge in [-0.15, -0.1) is 0 Å². The number of hydrogen-bond donors (Lipinski definition) is 1. The maximum absolute atomic E-state index is 12.2. The van der Waals surface area contributed by atoms with Gasteiger partial charge in [-0.1, -0.05) is 24.6 Å². The van der Waals surface area contributed by atoms with Crippen LogP contribution in [0.3, 0.4) is 0 Å². The summed E-state index contributed by atoms with van der Waals surface area (Å²) in [7, 11) is 0. The summed E-state index contributed by atoms with van der Waals surface area (Å²) in [6, 6.07) is 5.89. The molecule has 1 rings (SSSR count). The van der Waals surface area contributed by atoms with Crippen molar-refractivity contribution < 1.29 is 17.9 Å². The Kier molecular flexibility index (Phi) is 6.15. The molecule has 0 aliphatic heterocycles. The number of rotatable bonds is 7. The zero-order valence-electron chi connectivity index (χ0n) is 11.0. The Hall–Kier alpha value is -1.23. The largest absolute Gasteiger partial charge is 0.494 e. The van der Waals surface area contributed by atoms with E-state index in [1.54, 1.807) is 0 Å². The average Bonchev–Trinajstić information content (AvgIpc) is 2.35. The van der Waals surface area contributed by atoms with Crippen molar-refractivity contribution in [2.75, 3.05) is 6.61 Å². The van der Waals surface area contributed by atoms with Gasteiger partial charge in [0.05, 0.1) is 6.61 Å². The SMILES string of the molecule is CCOc1ccccc1CCCC[C@H](N)C(F)(F)F. The van der Waals surface area contributed by atoms with Crippen molar-refractivity contribution in [3.63, 3.8) is 0 Å². The second-order valence-corrected chi connectivity index (χ2v) is 4.43. The number of aryl methyl sites for hydroxylation is 1. The van der Waals surface area contributed by atoms with E-state index in [-0.39, 0.29) is 6.42 Å². The molecule has 0 aliphatic carbocycles. The smallest absolute Gasteiger partial charge is 0.403 e. The molecular formula is C14H20F3NO. The van der Waals surface area contributed by atoms with E-state index in [1.165, 1.54) is 0 Å². The average molecular weight is 275 g/mol. The van der Waals surface area contributed by atoms with Gasteiger partial charge in [-0.25, -0.2) is 0 Å². The molecule has 2 nitrogen and oxygen atoms in total. The van der Waals surface area contributed by atoms with E-state index in [9.17, 15) is 13.2 Å². The van der Waals surface area contributed by atoms with Crippen molar-refractivity contribution in [2.24, 2.45) is 5.73 Å². The summed E-state index contributed by atoms with van der Waals surface area (Å²) in [6.07, 6.45) is -2.47. The van der Waals surface area contributed by atoms with Crippen molar-refractivity contribution in [1.82, 2.24) is 0 Å². The molecule has 1 aromatic carbocycles. The van der Waals surface area contributed by atoms with Crippen molar-refractivity contribution >= 4 is 0 Å². The Balaban J connectivity index is 2.37. The van der Waals surface area contributed by atoms with Crippen LogP contribution in [-0.4, -0.2) is 18.8 Å². The Bertz CT molecular complexity index is 379. The summed E-state index contributed by atoms with van der Waals surface area (Å²) in [5, 5.41) is 0. The van der Waals surface area contributed by atoms with Gasteiger partial charge in [0.1, 0.15) is 11.8 Å². The number of ether oxygens (including phenoxy) is 1. The summed E-state index contributed by atoms with van der Waals surface area (Å²) in [5.74, 6) is 0.810. The molecule has 0 spiro atoms. The first-order chi connectivity index (χ1) is 8.95. The Labute approximate surface area is 111 Å². The summed E-state index contributed by atoms with van der Waals surface area (Å²) in [4.78, 5) is 0. The minimum Gasteiger partial charge on any atom is -0.494 e. The van der Waals surface area contributed by atoms with Gasteiger partial charge in [0.2, 0.25) is 0 Å². The van der Waals surface area contributed by atoms with E-state index in [4.69, 9.17) is 10.5 Å². The van der Waals surface area contributed by atoms with Crippen LogP contribution in [0.2, 0.25) is 0 Å². The highest BCUT2D eigenvalue weighted by Gasteiger charge is 2.35. The highest BCUT2D eigenvalue weighted by atomic mass is 19.4. The lowest BCUT2D eigenvalue weighted by Crippen LogP contribution is -2.37. The van der Waals surface area contributed by atoms with Crippen LogP contribution in [0.5, 0.6) is 5.75 Å². The zero-order valence-corrected chi connectivity index (χ0v) is 11.0. The molecule has 0 saturated heterocycles. The quantitative estimate of drug-likeness (QED) is 0.770. The fourth-order valence-electron chi connectivity index (χ4n) is 1.85. The predicted molar refractivity (Wildman–Crippen MR) is 69.2 cm³/mol. The molecule has 0 aromatic heterocycles. The number of halogens is 3. The third kappa shape index (κ3) is 5.51. The number of benzene rings is 1. The van der Waals surface area contributed by atoms with E-state index in [0.29, 0.717) is 25.9 Å². The van der Waals surface area contributed by atoms with Gasteiger partial charge in [-0.05, 0) is 37.8 Å². The maximum atomic E-state index is 12.2. The molecule has 0 unspecified atom stereocenters. The minimum atomic E-state index is -4.29. The molecule has 108 valence electrons. The Morgan fingerprint density at radius 1 is 1.21 bits per heavy atom. The molecule has 0 heterocycles. The molecule has 0 amide bonds. The first kappa shape index (κ1) is 15.8. The molecule has 0 bridgehead atoms. The van der Waals surface area contributed by atoms with Crippen molar-refractivity contribution in [2.45, 2.75) is 44.8 Å². The molecule has 5 heteroatoms. The van der Waals surface area contributed by atoms with Gasteiger partial charge in [0, 0.05) is 0 Å². The number of nitrogens with two attached hydrogens (primary N) is 1. The maximum Gasteiger partial charge on any atom is 0.403 e. The third-order valence-electron chi connectivity index (χ3n) is 2.90. The summed E-state index contributed by atoms with van der Waals surface area (Å²) in [6.45, 7) is 2.48. The second-order valence-electron chi connectivity index (χ2n) is 4.43. The fourth-order valence-corrected chi connectivity index (χ4v) is 1.85. The number of hydrogen-bond acceptors (Lipinski definition) is 2.